The van der Waals surface area contributed by atoms with E-state index in [1.165, 1.54) is 67.5 Å². The summed E-state index contributed by atoms with van der Waals surface area (Å²) in [6, 6.07) is 17.3. The van der Waals surface area contributed by atoms with Crippen LogP contribution in [-0.2, 0) is 26.2 Å². The van der Waals surface area contributed by atoms with Crippen LogP contribution in [0.5, 0.6) is 5.75 Å². The van der Waals surface area contributed by atoms with Gasteiger partial charge in [0.05, 0.1) is 6.61 Å². The molecule has 0 radical (unpaired) electrons. The van der Waals surface area contributed by atoms with E-state index in [9.17, 15) is 22.4 Å². The molecule has 184 valence electrons. The number of hydrogen-bond donors (Lipinski definition) is 1. The van der Waals surface area contributed by atoms with Gasteiger partial charge in [-0.15, -0.1) is 0 Å². The predicted octanol–water partition coefficient (Wildman–Crippen LogP) is 3.84. The third kappa shape index (κ3) is 7.11. The van der Waals surface area contributed by atoms with Gasteiger partial charge in [-0.25, -0.2) is 4.39 Å². The van der Waals surface area contributed by atoms with Crippen LogP contribution >= 0.6 is 0 Å². The minimum atomic E-state index is -4.20. The van der Waals surface area contributed by atoms with Gasteiger partial charge in [-0.05, 0) is 48.5 Å². The van der Waals surface area contributed by atoms with Gasteiger partial charge in [-0.3, -0.25) is 9.59 Å². The maximum atomic E-state index is 13.7. The number of nitrogens with one attached hydrogen (secondary N) is 1. The number of benzene rings is 3. The van der Waals surface area contributed by atoms with E-state index in [2.05, 4.69) is 5.32 Å². The van der Waals surface area contributed by atoms with Crippen molar-refractivity contribution < 1.29 is 31.3 Å². The maximum absolute atomic E-state index is 13.7. The minimum absolute atomic E-state index is 0.00582. The van der Waals surface area contributed by atoms with E-state index >= 15 is 0 Å². The lowest BCUT2D eigenvalue weighted by Crippen LogP contribution is -2.33. The average Bonchev–Trinajstić information content (AvgIpc) is 2.82. The highest BCUT2D eigenvalue weighted by atomic mass is 32.2. The van der Waals surface area contributed by atoms with Crippen LogP contribution in [0.25, 0.3) is 0 Å². The zero-order valence-corrected chi connectivity index (χ0v) is 20.0. The van der Waals surface area contributed by atoms with E-state index in [0.29, 0.717) is 11.3 Å². The van der Waals surface area contributed by atoms with Crippen molar-refractivity contribution >= 4 is 27.6 Å². The Bertz CT molecular complexity index is 1300. The first-order chi connectivity index (χ1) is 16.7. The Morgan fingerprint density at radius 1 is 1.00 bits per heavy atom. The number of para-hydroxylation sites is 1. The van der Waals surface area contributed by atoms with Crippen molar-refractivity contribution in [3.8, 4) is 5.75 Å². The van der Waals surface area contributed by atoms with Crippen LogP contribution in [0, 0.1) is 5.82 Å². The fraction of sp³-hybridized carbons (Fsp3) is 0.200. The fourth-order valence-corrected chi connectivity index (χ4v) is 4.22. The van der Waals surface area contributed by atoms with Gasteiger partial charge in [0.15, 0.2) is 0 Å². The third-order valence-electron chi connectivity index (χ3n) is 4.92. The van der Waals surface area contributed by atoms with E-state index in [1.807, 2.05) is 0 Å². The second-order valence-electron chi connectivity index (χ2n) is 7.58. The highest BCUT2D eigenvalue weighted by Gasteiger charge is 2.22. The molecular formula is C25H25FN2O6S. The molecule has 3 aromatic rings. The number of carbonyl (C=O) groups excluding carboxylic acids is 2. The Labute approximate surface area is 203 Å². The van der Waals surface area contributed by atoms with Gasteiger partial charge in [-0.2, -0.15) is 8.42 Å². The van der Waals surface area contributed by atoms with Crippen molar-refractivity contribution in [1.29, 1.82) is 0 Å². The Morgan fingerprint density at radius 3 is 2.37 bits per heavy atom. The highest BCUT2D eigenvalue weighted by molar-refractivity contribution is 7.87. The van der Waals surface area contributed by atoms with Crippen LogP contribution < -0.4 is 9.50 Å². The lowest BCUT2D eigenvalue weighted by atomic mass is 10.1. The summed E-state index contributed by atoms with van der Waals surface area (Å²) < 4.78 is 49.9. The van der Waals surface area contributed by atoms with Crippen molar-refractivity contribution in [2.75, 3.05) is 25.6 Å². The standard InChI is InChI=1S/C25H25FN2O6S/c1-18(29)27-22-10-12-23(13-11-22)35(31,32)34-24-9-4-3-6-20(24)17-28(14-15-33-2)25(30)19-7-5-8-21(26)16-19/h3-13,16H,14-15,17H2,1-2H3,(H,27,29). The number of halogens is 1. The molecule has 3 aromatic carbocycles. The smallest absolute Gasteiger partial charge is 0.339 e. The topological polar surface area (TPSA) is 102 Å². The monoisotopic (exact) mass is 500 g/mol. The number of nitrogens with zero attached hydrogens (tertiary/aromatic N) is 1. The molecule has 0 saturated heterocycles. The van der Waals surface area contributed by atoms with Crippen molar-refractivity contribution in [2.24, 2.45) is 0 Å². The molecule has 0 atom stereocenters. The third-order valence-corrected chi connectivity index (χ3v) is 6.17. The number of ether oxygens (including phenoxy) is 1. The minimum Gasteiger partial charge on any atom is -0.383 e. The summed E-state index contributed by atoms with van der Waals surface area (Å²) in [7, 11) is -2.71. The van der Waals surface area contributed by atoms with Crippen LogP contribution in [0.3, 0.4) is 0 Å². The zero-order chi connectivity index (χ0) is 25.4. The summed E-state index contributed by atoms with van der Waals surface area (Å²) in [5.74, 6) is -1.21. The SMILES string of the molecule is COCCN(Cc1ccccc1OS(=O)(=O)c1ccc(NC(C)=O)cc1)C(=O)c1cccc(F)c1. The molecule has 35 heavy (non-hydrogen) atoms. The molecule has 8 nitrogen and oxygen atoms in total. The molecule has 0 heterocycles. The van der Waals surface area contributed by atoms with Gasteiger partial charge in [0.2, 0.25) is 5.91 Å². The molecule has 10 heteroatoms. The Kier molecular flexibility index (Phi) is 8.56. The summed E-state index contributed by atoms with van der Waals surface area (Å²) in [5, 5.41) is 2.56. The second-order valence-corrected chi connectivity index (χ2v) is 9.13. The van der Waals surface area contributed by atoms with Crippen LogP contribution in [0.1, 0.15) is 22.8 Å². The molecule has 0 fully saturated rings. The number of hydrogen-bond acceptors (Lipinski definition) is 6. The molecule has 0 aliphatic rings. The van der Waals surface area contributed by atoms with Crippen LogP contribution in [0.2, 0.25) is 0 Å². The molecule has 0 saturated carbocycles. The number of rotatable bonds is 10. The first-order valence-electron chi connectivity index (χ1n) is 10.6. The van der Waals surface area contributed by atoms with E-state index < -0.39 is 21.8 Å². The van der Waals surface area contributed by atoms with E-state index in [1.54, 1.807) is 18.2 Å². The molecule has 0 aliphatic carbocycles. The maximum Gasteiger partial charge on any atom is 0.339 e. The average molecular weight is 501 g/mol. The Hall–Kier alpha value is -3.76. The van der Waals surface area contributed by atoms with Crippen LogP contribution in [-0.4, -0.2) is 45.4 Å². The quantitative estimate of drug-likeness (QED) is 0.425. The van der Waals surface area contributed by atoms with Gasteiger partial charge >= 0.3 is 10.1 Å². The number of anilines is 1. The first kappa shape index (κ1) is 25.9. The molecule has 1 N–H and O–H groups in total. The normalized spacial score (nSPS) is 11.1. The molecular weight excluding hydrogens is 475 g/mol. The molecule has 2 amide bonds. The zero-order valence-electron chi connectivity index (χ0n) is 19.2. The summed E-state index contributed by atoms with van der Waals surface area (Å²) in [6.45, 7) is 1.77. The molecule has 3 rings (SSSR count). The lowest BCUT2D eigenvalue weighted by Gasteiger charge is -2.24. The Morgan fingerprint density at radius 2 is 1.71 bits per heavy atom. The number of methoxy groups -OCH3 is 1. The van der Waals surface area contributed by atoms with Gasteiger partial charge < -0.3 is 19.1 Å². The molecule has 0 aromatic heterocycles. The molecule has 0 unspecified atom stereocenters. The summed E-state index contributed by atoms with van der Waals surface area (Å²) in [4.78, 5) is 25.5. The van der Waals surface area contributed by atoms with Crippen molar-refractivity contribution in [3.63, 3.8) is 0 Å². The summed E-state index contributed by atoms with van der Waals surface area (Å²) in [5.41, 5.74) is 1.04. The predicted molar refractivity (Wildman–Crippen MR) is 128 cm³/mol. The van der Waals surface area contributed by atoms with E-state index in [4.69, 9.17) is 8.92 Å². The molecule has 0 aliphatic heterocycles. The number of amides is 2. The fourth-order valence-electron chi connectivity index (χ4n) is 3.25. The molecule has 0 bridgehead atoms. The van der Waals surface area contributed by atoms with Gasteiger partial charge in [0.1, 0.15) is 16.5 Å². The van der Waals surface area contributed by atoms with E-state index in [0.717, 1.165) is 6.07 Å². The Balaban J connectivity index is 1.85. The first-order valence-corrected chi connectivity index (χ1v) is 12.0. The van der Waals surface area contributed by atoms with Crippen molar-refractivity contribution in [1.82, 2.24) is 4.90 Å². The van der Waals surface area contributed by atoms with Gasteiger partial charge in [0.25, 0.3) is 5.91 Å². The lowest BCUT2D eigenvalue weighted by molar-refractivity contribution is -0.114. The molecule has 0 spiro atoms. The van der Waals surface area contributed by atoms with Gasteiger partial charge in [0, 0.05) is 43.9 Å². The number of carbonyl (C=O) groups is 2. The summed E-state index contributed by atoms with van der Waals surface area (Å²) in [6.07, 6.45) is 0. The van der Waals surface area contributed by atoms with Crippen molar-refractivity contribution in [3.05, 3.63) is 89.7 Å². The van der Waals surface area contributed by atoms with Crippen LogP contribution in [0.4, 0.5) is 10.1 Å². The van der Waals surface area contributed by atoms with Gasteiger partial charge in [-0.1, -0.05) is 24.3 Å². The second kappa shape index (κ2) is 11.6. The van der Waals surface area contributed by atoms with Crippen LogP contribution in [0.15, 0.2) is 77.7 Å². The largest absolute Gasteiger partial charge is 0.383 e. The van der Waals surface area contributed by atoms with Crippen molar-refractivity contribution in [2.45, 2.75) is 18.4 Å². The van der Waals surface area contributed by atoms with E-state index in [-0.39, 0.29) is 41.8 Å². The highest BCUT2D eigenvalue weighted by Crippen LogP contribution is 2.25. The summed E-state index contributed by atoms with van der Waals surface area (Å²) >= 11 is 0.